The zero-order valence-corrected chi connectivity index (χ0v) is 14.4. The minimum atomic E-state index is -0.380. The Kier molecular flexibility index (Phi) is 4.56. The molecule has 2 aromatic heterocycles. The lowest BCUT2D eigenvalue weighted by Gasteiger charge is -1.96. The average Bonchev–Trinajstić information content (AvgIpc) is 3.17. The molecule has 0 bridgehead atoms. The van der Waals surface area contributed by atoms with Crippen molar-refractivity contribution < 1.29 is 9.21 Å². The Balaban J connectivity index is 1.64. The molecule has 0 fully saturated rings. The fourth-order valence-electron chi connectivity index (χ4n) is 1.94. The van der Waals surface area contributed by atoms with Crippen LogP contribution in [0.2, 0.25) is 0 Å². The van der Waals surface area contributed by atoms with E-state index in [1.165, 1.54) is 6.21 Å². The number of aryl methyl sites for hydroxylation is 1. The van der Waals surface area contributed by atoms with Gasteiger partial charge in [-0.2, -0.15) is 10.2 Å². The lowest BCUT2D eigenvalue weighted by Crippen LogP contribution is -2.17. The van der Waals surface area contributed by atoms with E-state index in [4.69, 9.17) is 4.42 Å². The number of halogens is 1. The van der Waals surface area contributed by atoms with Crippen molar-refractivity contribution in [2.45, 2.75) is 6.92 Å². The Hall–Kier alpha value is -2.42. The number of hydrogen-bond donors (Lipinski definition) is 2. The number of H-pyrrole nitrogens is 1. The summed E-state index contributed by atoms with van der Waals surface area (Å²) >= 11 is 2.25. The molecule has 0 atom stereocenters. The number of carbonyl (C=O) groups excluding carboxylic acids is 1. The Labute approximate surface area is 146 Å². The summed E-state index contributed by atoms with van der Waals surface area (Å²) < 4.78 is 6.84. The van der Waals surface area contributed by atoms with Crippen molar-refractivity contribution in [3.8, 4) is 11.3 Å². The van der Waals surface area contributed by atoms with E-state index in [1.54, 1.807) is 12.1 Å². The van der Waals surface area contributed by atoms with Crippen LogP contribution in [0.1, 0.15) is 21.9 Å². The number of nitrogens with one attached hydrogen (secondary N) is 2. The number of amides is 1. The van der Waals surface area contributed by atoms with Crippen molar-refractivity contribution in [2.75, 3.05) is 0 Å². The Bertz CT molecular complexity index is 849. The molecule has 0 radical (unpaired) electrons. The highest BCUT2D eigenvalue weighted by molar-refractivity contribution is 14.1. The molecule has 7 heteroatoms. The molecular weight excluding hydrogens is 407 g/mol. The van der Waals surface area contributed by atoms with Crippen LogP contribution >= 0.6 is 22.6 Å². The van der Waals surface area contributed by atoms with Gasteiger partial charge in [0.15, 0.2) is 5.69 Å². The third kappa shape index (κ3) is 3.86. The molecule has 0 aliphatic rings. The number of aromatic amines is 1. The monoisotopic (exact) mass is 420 g/mol. The Morgan fingerprint density at radius 2 is 2.09 bits per heavy atom. The molecule has 0 unspecified atom stereocenters. The number of rotatable bonds is 4. The van der Waals surface area contributed by atoms with E-state index < -0.39 is 0 Å². The first kappa shape index (κ1) is 15.5. The van der Waals surface area contributed by atoms with Gasteiger partial charge in [-0.05, 0) is 59.8 Å². The molecule has 2 heterocycles. The van der Waals surface area contributed by atoms with E-state index in [1.807, 2.05) is 37.3 Å². The molecule has 1 amide bonds. The third-order valence-electron chi connectivity index (χ3n) is 3.05. The predicted molar refractivity (Wildman–Crippen MR) is 95.2 cm³/mol. The van der Waals surface area contributed by atoms with Crippen LogP contribution in [0, 0.1) is 10.5 Å². The van der Waals surface area contributed by atoms with Crippen molar-refractivity contribution >= 4 is 34.7 Å². The van der Waals surface area contributed by atoms with Crippen LogP contribution in [0.15, 0.2) is 52.0 Å². The smallest absolute Gasteiger partial charge is 0.291 e. The molecule has 0 aliphatic carbocycles. The fraction of sp³-hybridized carbons (Fsp3) is 0.0625. The van der Waals surface area contributed by atoms with Crippen LogP contribution in [0.4, 0.5) is 0 Å². The van der Waals surface area contributed by atoms with E-state index in [0.29, 0.717) is 11.5 Å². The number of carbonyl (C=O) groups is 1. The summed E-state index contributed by atoms with van der Waals surface area (Å²) in [6, 6.07) is 13.3. The van der Waals surface area contributed by atoms with Crippen molar-refractivity contribution in [3.05, 3.63) is 63.2 Å². The van der Waals surface area contributed by atoms with Gasteiger partial charge >= 0.3 is 0 Å². The van der Waals surface area contributed by atoms with E-state index in [9.17, 15) is 4.79 Å². The fourth-order valence-corrected chi connectivity index (χ4v) is 2.30. The van der Waals surface area contributed by atoms with Gasteiger partial charge in [-0.15, -0.1) is 0 Å². The number of furan rings is 1. The van der Waals surface area contributed by atoms with Crippen LogP contribution in [0.25, 0.3) is 11.3 Å². The number of aromatic nitrogens is 2. The molecule has 2 N–H and O–H groups in total. The van der Waals surface area contributed by atoms with Gasteiger partial charge in [0.05, 0.1) is 6.21 Å². The lowest BCUT2D eigenvalue weighted by atomic mass is 10.2. The average molecular weight is 420 g/mol. The zero-order valence-electron chi connectivity index (χ0n) is 12.2. The molecule has 0 saturated carbocycles. The number of nitrogens with zero attached hydrogens (tertiary/aromatic N) is 2. The van der Waals surface area contributed by atoms with Gasteiger partial charge in [-0.25, -0.2) is 5.43 Å². The molecule has 116 valence electrons. The second-order valence-corrected chi connectivity index (χ2v) is 6.09. The maximum absolute atomic E-state index is 11.8. The highest BCUT2D eigenvalue weighted by atomic mass is 127. The normalized spacial score (nSPS) is 11.0. The minimum absolute atomic E-state index is 0.290. The highest BCUT2D eigenvalue weighted by Crippen LogP contribution is 2.22. The lowest BCUT2D eigenvalue weighted by molar-refractivity contribution is 0.0950. The van der Waals surface area contributed by atoms with E-state index in [-0.39, 0.29) is 5.91 Å². The van der Waals surface area contributed by atoms with E-state index in [2.05, 4.69) is 43.3 Å². The van der Waals surface area contributed by atoms with Crippen molar-refractivity contribution in [1.29, 1.82) is 0 Å². The van der Waals surface area contributed by atoms with E-state index >= 15 is 0 Å². The summed E-state index contributed by atoms with van der Waals surface area (Å²) in [5.41, 5.74) is 4.49. The zero-order chi connectivity index (χ0) is 16.2. The second kappa shape index (κ2) is 6.78. The molecule has 3 aromatic rings. The molecule has 0 saturated heterocycles. The number of benzene rings is 1. The summed E-state index contributed by atoms with van der Waals surface area (Å²) in [4.78, 5) is 11.8. The highest BCUT2D eigenvalue weighted by Gasteiger charge is 2.08. The van der Waals surface area contributed by atoms with Crippen LogP contribution in [0.3, 0.4) is 0 Å². The van der Waals surface area contributed by atoms with Gasteiger partial charge in [0.1, 0.15) is 11.5 Å². The van der Waals surface area contributed by atoms with Gasteiger partial charge in [-0.3, -0.25) is 9.89 Å². The summed E-state index contributed by atoms with van der Waals surface area (Å²) in [5, 5.41) is 10.4. The van der Waals surface area contributed by atoms with Crippen LogP contribution in [-0.4, -0.2) is 22.3 Å². The first-order chi connectivity index (χ1) is 11.1. The number of hydrogen-bond acceptors (Lipinski definition) is 4. The largest absolute Gasteiger partial charge is 0.455 e. The summed E-state index contributed by atoms with van der Waals surface area (Å²) in [6.45, 7) is 1.82. The third-order valence-corrected chi connectivity index (χ3v) is 3.77. The van der Waals surface area contributed by atoms with Gasteiger partial charge in [0.2, 0.25) is 0 Å². The maximum Gasteiger partial charge on any atom is 0.291 e. The number of hydrazone groups is 1. The molecule has 1 aromatic carbocycles. The summed E-state index contributed by atoms with van der Waals surface area (Å²) in [7, 11) is 0. The Morgan fingerprint density at radius 1 is 1.30 bits per heavy atom. The SMILES string of the molecule is Cc1cc(C(=O)N/N=C/c2ccc(-c3ccc(I)cc3)o2)n[nH]1. The standard InChI is InChI=1S/C16H13IN4O2/c1-10-8-14(20-19-10)16(22)21-18-9-13-6-7-15(23-13)11-2-4-12(17)5-3-11/h2-9H,1H3,(H,19,20)(H,21,22)/b18-9+. The first-order valence-electron chi connectivity index (χ1n) is 6.83. The first-order valence-corrected chi connectivity index (χ1v) is 7.91. The summed E-state index contributed by atoms with van der Waals surface area (Å²) in [5.74, 6) is 0.921. The predicted octanol–water partition coefficient (Wildman–Crippen LogP) is 3.35. The van der Waals surface area contributed by atoms with Gasteiger partial charge in [0.25, 0.3) is 5.91 Å². The molecular formula is C16H13IN4O2. The van der Waals surface area contributed by atoms with Crippen LogP contribution in [-0.2, 0) is 0 Å². The second-order valence-electron chi connectivity index (χ2n) is 4.84. The topological polar surface area (TPSA) is 83.3 Å². The van der Waals surface area contributed by atoms with Crippen LogP contribution < -0.4 is 5.43 Å². The molecule has 23 heavy (non-hydrogen) atoms. The van der Waals surface area contributed by atoms with E-state index in [0.717, 1.165) is 20.6 Å². The van der Waals surface area contributed by atoms with Gasteiger partial charge in [-0.1, -0.05) is 12.1 Å². The Morgan fingerprint density at radius 3 is 2.78 bits per heavy atom. The quantitative estimate of drug-likeness (QED) is 0.386. The van der Waals surface area contributed by atoms with Gasteiger partial charge < -0.3 is 4.42 Å². The van der Waals surface area contributed by atoms with Crippen molar-refractivity contribution in [1.82, 2.24) is 15.6 Å². The molecule has 6 nitrogen and oxygen atoms in total. The maximum atomic E-state index is 11.8. The van der Waals surface area contributed by atoms with Crippen molar-refractivity contribution in [2.24, 2.45) is 5.10 Å². The van der Waals surface area contributed by atoms with Crippen LogP contribution in [0.5, 0.6) is 0 Å². The minimum Gasteiger partial charge on any atom is -0.455 e. The summed E-state index contributed by atoms with van der Waals surface area (Å²) in [6.07, 6.45) is 1.45. The van der Waals surface area contributed by atoms with Gasteiger partial charge in [0, 0.05) is 14.8 Å². The van der Waals surface area contributed by atoms with Crippen molar-refractivity contribution in [3.63, 3.8) is 0 Å². The molecule has 0 aliphatic heterocycles. The molecule has 3 rings (SSSR count). The molecule has 0 spiro atoms.